The van der Waals surface area contributed by atoms with Crippen molar-refractivity contribution < 1.29 is 8.42 Å². The topological polar surface area (TPSA) is 58.2 Å². The van der Waals surface area contributed by atoms with E-state index < -0.39 is 10.0 Å². The second kappa shape index (κ2) is 6.26. The largest absolute Gasteiger partial charge is 0.380 e. The Balaban J connectivity index is 2.19. The molecule has 0 atom stereocenters. The van der Waals surface area contributed by atoms with E-state index in [1.807, 2.05) is 17.5 Å². The summed E-state index contributed by atoms with van der Waals surface area (Å²) in [6.07, 6.45) is 0. The molecule has 20 heavy (non-hydrogen) atoms. The third-order valence-electron chi connectivity index (χ3n) is 2.83. The average Bonchev–Trinajstić information content (AvgIpc) is 2.83. The molecular weight excluding hydrogens is 360 g/mol. The third kappa shape index (κ3) is 3.60. The number of anilines is 1. The van der Waals surface area contributed by atoms with Gasteiger partial charge in [0.25, 0.3) is 0 Å². The Morgan fingerprint density at radius 1 is 1.30 bits per heavy atom. The second-order valence-electron chi connectivity index (χ2n) is 4.27. The molecule has 0 aliphatic heterocycles. The molecular formula is C13H15BrN2O2S2. The minimum atomic E-state index is -3.43. The van der Waals surface area contributed by atoms with Crippen LogP contribution in [-0.4, -0.2) is 15.5 Å². The predicted molar refractivity (Wildman–Crippen MR) is 86.8 cm³/mol. The summed E-state index contributed by atoms with van der Waals surface area (Å²) in [5.74, 6) is 0. The van der Waals surface area contributed by atoms with Crippen molar-refractivity contribution in [3.8, 4) is 0 Å². The fourth-order valence-corrected chi connectivity index (χ4v) is 4.13. The van der Waals surface area contributed by atoms with Crippen LogP contribution in [0.25, 0.3) is 0 Å². The Labute approximate surface area is 131 Å². The van der Waals surface area contributed by atoms with Crippen LogP contribution in [0.15, 0.2) is 39.0 Å². The number of aryl methyl sites for hydroxylation is 1. The van der Waals surface area contributed by atoms with Crippen LogP contribution in [0.5, 0.6) is 0 Å². The molecule has 2 rings (SSSR count). The number of benzene rings is 1. The number of sulfonamides is 1. The van der Waals surface area contributed by atoms with E-state index in [-0.39, 0.29) is 0 Å². The molecule has 0 bridgehead atoms. The van der Waals surface area contributed by atoms with E-state index in [0.717, 1.165) is 15.7 Å². The Morgan fingerprint density at radius 2 is 2.05 bits per heavy atom. The Bertz CT molecular complexity index is 711. The van der Waals surface area contributed by atoms with Crippen LogP contribution in [-0.2, 0) is 16.6 Å². The zero-order valence-electron chi connectivity index (χ0n) is 11.1. The summed E-state index contributed by atoms with van der Waals surface area (Å²) in [5, 5.41) is 5.25. The summed E-state index contributed by atoms with van der Waals surface area (Å²) in [4.78, 5) is 1.48. The van der Waals surface area contributed by atoms with Crippen molar-refractivity contribution in [2.45, 2.75) is 18.4 Å². The van der Waals surface area contributed by atoms with E-state index in [9.17, 15) is 8.42 Å². The lowest BCUT2D eigenvalue weighted by Gasteiger charge is -2.10. The Hall–Kier alpha value is -0.890. The van der Waals surface area contributed by atoms with Crippen LogP contribution in [0.4, 0.5) is 5.69 Å². The van der Waals surface area contributed by atoms with Crippen molar-refractivity contribution >= 4 is 43.0 Å². The molecule has 0 unspecified atom stereocenters. The standard InChI is InChI=1S/C13H15BrN2O2S2/c1-9-3-4-11(6-13(9)20(17,18)15-2)16-7-12-5-10(14)8-19-12/h3-6,8,15-16H,7H2,1-2H3. The maximum absolute atomic E-state index is 11.9. The van der Waals surface area contributed by atoms with Gasteiger partial charge < -0.3 is 5.32 Å². The SMILES string of the molecule is CNS(=O)(=O)c1cc(NCc2cc(Br)cs2)ccc1C. The van der Waals surface area contributed by atoms with Crippen LogP contribution in [0.1, 0.15) is 10.4 Å². The van der Waals surface area contributed by atoms with Crippen LogP contribution >= 0.6 is 27.3 Å². The van der Waals surface area contributed by atoms with Gasteiger partial charge in [0.1, 0.15) is 0 Å². The lowest BCUT2D eigenvalue weighted by atomic mass is 10.2. The summed E-state index contributed by atoms with van der Waals surface area (Å²) >= 11 is 5.06. The first-order valence-corrected chi connectivity index (χ1v) is 9.09. The van der Waals surface area contributed by atoms with E-state index in [1.54, 1.807) is 30.4 Å². The molecule has 0 amide bonds. The molecule has 1 aromatic heterocycles. The first kappa shape index (κ1) is 15.5. The molecule has 0 aliphatic carbocycles. The van der Waals surface area contributed by atoms with Gasteiger partial charge in [-0.3, -0.25) is 0 Å². The van der Waals surface area contributed by atoms with Gasteiger partial charge in [0.05, 0.1) is 4.90 Å². The highest BCUT2D eigenvalue weighted by Gasteiger charge is 2.14. The maximum atomic E-state index is 11.9. The lowest BCUT2D eigenvalue weighted by Crippen LogP contribution is -2.19. The molecule has 4 nitrogen and oxygen atoms in total. The molecule has 1 heterocycles. The quantitative estimate of drug-likeness (QED) is 0.843. The summed E-state index contributed by atoms with van der Waals surface area (Å²) < 4.78 is 27.2. The Morgan fingerprint density at radius 3 is 2.65 bits per heavy atom. The lowest BCUT2D eigenvalue weighted by molar-refractivity contribution is 0.587. The number of hydrogen-bond acceptors (Lipinski definition) is 4. The molecule has 0 radical (unpaired) electrons. The van der Waals surface area contributed by atoms with Crippen LogP contribution in [0.2, 0.25) is 0 Å². The van der Waals surface area contributed by atoms with Gasteiger partial charge in [-0.1, -0.05) is 6.07 Å². The predicted octanol–water partition coefficient (Wildman–Crippen LogP) is 3.34. The van der Waals surface area contributed by atoms with E-state index in [1.165, 1.54) is 11.9 Å². The number of nitrogens with one attached hydrogen (secondary N) is 2. The summed E-state index contributed by atoms with van der Waals surface area (Å²) in [7, 11) is -2.01. The van der Waals surface area contributed by atoms with Gasteiger partial charge >= 0.3 is 0 Å². The van der Waals surface area contributed by atoms with Gasteiger partial charge in [0.15, 0.2) is 0 Å². The van der Waals surface area contributed by atoms with E-state index in [4.69, 9.17) is 0 Å². The highest BCUT2D eigenvalue weighted by Crippen LogP contribution is 2.23. The normalized spacial score (nSPS) is 11.6. The summed E-state index contributed by atoms with van der Waals surface area (Å²) in [5.41, 5.74) is 1.51. The molecule has 2 N–H and O–H groups in total. The van der Waals surface area contributed by atoms with Crippen molar-refractivity contribution in [3.63, 3.8) is 0 Å². The van der Waals surface area contributed by atoms with Gasteiger partial charge in [-0.05, 0) is 53.7 Å². The van der Waals surface area contributed by atoms with Gasteiger partial charge in [0, 0.05) is 27.0 Å². The second-order valence-corrected chi connectivity index (χ2v) is 8.04. The molecule has 0 fully saturated rings. The number of thiophene rings is 1. The molecule has 0 saturated carbocycles. The highest BCUT2D eigenvalue weighted by molar-refractivity contribution is 9.10. The van der Waals surface area contributed by atoms with Crippen LogP contribution < -0.4 is 10.0 Å². The molecule has 1 aromatic carbocycles. The van der Waals surface area contributed by atoms with Crippen molar-refractivity contribution in [1.82, 2.24) is 4.72 Å². The molecule has 0 spiro atoms. The maximum Gasteiger partial charge on any atom is 0.240 e. The zero-order chi connectivity index (χ0) is 14.8. The van der Waals surface area contributed by atoms with Crippen molar-refractivity contribution in [1.29, 1.82) is 0 Å². The first-order valence-electron chi connectivity index (χ1n) is 5.93. The van der Waals surface area contributed by atoms with Crippen molar-refractivity contribution in [3.05, 3.63) is 44.6 Å². The summed E-state index contributed by atoms with van der Waals surface area (Å²) in [6.45, 7) is 2.45. The average molecular weight is 375 g/mol. The highest BCUT2D eigenvalue weighted by atomic mass is 79.9. The third-order valence-corrected chi connectivity index (χ3v) is 6.09. The van der Waals surface area contributed by atoms with Gasteiger partial charge in [-0.15, -0.1) is 11.3 Å². The Kier molecular flexibility index (Phi) is 4.85. The molecule has 7 heteroatoms. The van der Waals surface area contributed by atoms with Crippen molar-refractivity contribution in [2.75, 3.05) is 12.4 Å². The van der Waals surface area contributed by atoms with Crippen LogP contribution in [0.3, 0.4) is 0 Å². The van der Waals surface area contributed by atoms with Gasteiger partial charge in [0.2, 0.25) is 10.0 Å². The molecule has 108 valence electrons. The molecule has 2 aromatic rings. The fourth-order valence-electron chi connectivity index (χ4n) is 1.75. The molecule has 0 saturated heterocycles. The zero-order valence-corrected chi connectivity index (χ0v) is 14.3. The van der Waals surface area contributed by atoms with E-state index in [0.29, 0.717) is 11.4 Å². The number of halogens is 1. The monoisotopic (exact) mass is 374 g/mol. The first-order chi connectivity index (χ1) is 9.42. The minimum Gasteiger partial charge on any atom is -0.380 e. The van der Waals surface area contributed by atoms with Crippen molar-refractivity contribution in [2.24, 2.45) is 0 Å². The minimum absolute atomic E-state index is 0.303. The van der Waals surface area contributed by atoms with E-state index in [2.05, 4.69) is 26.0 Å². The number of rotatable bonds is 5. The van der Waals surface area contributed by atoms with Gasteiger partial charge in [-0.2, -0.15) is 0 Å². The van der Waals surface area contributed by atoms with Gasteiger partial charge in [-0.25, -0.2) is 13.1 Å². The number of hydrogen-bond donors (Lipinski definition) is 2. The fraction of sp³-hybridized carbons (Fsp3) is 0.231. The van der Waals surface area contributed by atoms with Crippen LogP contribution in [0, 0.1) is 6.92 Å². The van der Waals surface area contributed by atoms with E-state index >= 15 is 0 Å². The smallest absolute Gasteiger partial charge is 0.240 e. The molecule has 0 aliphatic rings. The summed E-state index contributed by atoms with van der Waals surface area (Å²) in [6, 6.07) is 7.38.